The minimum Gasteiger partial charge on any atom is -0.207 e. The van der Waals surface area contributed by atoms with Crippen molar-refractivity contribution in [1.82, 2.24) is 0 Å². The van der Waals surface area contributed by atoms with Crippen molar-refractivity contribution in [2.75, 3.05) is 0 Å². The van der Waals surface area contributed by atoms with Gasteiger partial charge in [-0.2, -0.15) is 0 Å². The van der Waals surface area contributed by atoms with E-state index in [1.807, 2.05) is 0 Å². The third-order valence-corrected chi connectivity index (χ3v) is 4.51. The smallest absolute Gasteiger partial charge is 0.207 e. The van der Waals surface area contributed by atoms with Crippen molar-refractivity contribution < 1.29 is 8.42 Å². The van der Waals surface area contributed by atoms with E-state index in [1.165, 1.54) is 12.1 Å². The summed E-state index contributed by atoms with van der Waals surface area (Å²) in [7, 11) is 1.26. The van der Waals surface area contributed by atoms with Gasteiger partial charge >= 0.3 is 0 Å². The maximum absolute atomic E-state index is 10.9. The molecule has 1 aromatic carbocycles. The van der Waals surface area contributed by atoms with Crippen molar-refractivity contribution in [3.8, 4) is 0 Å². The van der Waals surface area contributed by atoms with Crippen LogP contribution in [0.3, 0.4) is 0 Å². The fourth-order valence-electron chi connectivity index (χ4n) is 0.696. The topological polar surface area (TPSA) is 34.1 Å². The van der Waals surface area contributed by atoms with E-state index in [-0.39, 0.29) is 14.9 Å². The summed E-state index contributed by atoms with van der Waals surface area (Å²) in [5.74, 6) is 0. The lowest BCUT2D eigenvalue weighted by atomic mass is 10.4. The summed E-state index contributed by atoms with van der Waals surface area (Å²) in [5, 5.41) is 0.0504. The largest absolute Gasteiger partial charge is 0.262 e. The molecule has 0 bridgehead atoms. The van der Waals surface area contributed by atoms with Crippen LogP contribution < -0.4 is 0 Å². The molecule has 0 unspecified atom stereocenters. The summed E-state index contributed by atoms with van der Waals surface area (Å²) in [6.07, 6.45) is 0. The van der Waals surface area contributed by atoms with Crippen LogP contribution in [0.5, 0.6) is 0 Å². The third-order valence-electron chi connectivity index (χ3n) is 1.26. The summed E-state index contributed by atoms with van der Waals surface area (Å²) in [6.45, 7) is 0. The summed E-state index contributed by atoms with van der Waals surface area (Å²) in [5.41, 5.74) is 0. The molecular weight excluding hydrogens is 322 g/mol. The van der Waals surface area contributed by atoms with E-state index in [0.29, 0.717) is 4.47 Å². The Kier molecular flexibility index (Phi) is 3.52. The molecule has 0 aliphatic heterocycles. The molecule has 0 fully saturated rings. The molecule has 0 aliphatic rings. The maximum Gasteiger partial charge on any atom is 0.262 e. The van der Waals surface area contributed by atoms with Crippen LogP contribution in [-0.4, -0.2) is 8.42 Å². The Morgan fingerprint density at radius 2 is 1.69 bits per heavy atom. The van der Waals surface area contributed by atoms with E-state index in [0.717, 1.165) is 0 Å². The fourth-order valence-corrected chi connectivity index (χ4v) is 2.88. The first-order valence-electron chi connectivity index (χ1n) is 2.92. The highest BCUT2D eigenvalue weighted by Crippen LogP contribution is 2.36. The molecular formula is C6H2BrCl3O2S. The van der Waals surface area contributed by atoms with Crippen molar-refractivity contribution >= 4 is 58.9 Å². The van der Waals surface area contributed by atoms with Crippen molar-refractivity contribution in [2.45, 2.75) is 4.90 Å². The molecule has 72 valence electrons. The maximum atomic E-state index is 10.9. The van der Waals surface area contributed by atoms with E-state index in [4.69, 9.17) is 33.9 Å². The van der Waals surface area contributed by atoms with Gasteiger partial charge in [0.05, 0.1) is 10.0 Å². The van der Waals surface area contributed by atoms with Crippen molar-refractivity contribution in [1.29, 1.82) is 0 Å². The molecule has 0 N–H and O–H groups in total. The monoisotopic (exact) mass is 322 g/mol. The molecule has 0 radical (unpaired) electrons. The highest BCUT2D eigenvalue weighted by Gasteiger charge is 2.18. The molecule has 1 rings (SSSR count). The van der Waals surface area contributed by atoms with Gasteiger partial charge in [-0.3, -0.25) is 0 Å². The molecule has 0 saturated carbocycles. The van der Waals surface area contributed by atoms with Gasteiger partial charge in [0, 0.05) is 15.2 Å². The molecule has 1 aromatic rings. The molecule has 7 heteroatoms. The van der Waals surface area contributed by atoms with Crippen LogP contribution in [0, 0.1) is 0 Å². The van der Waals surface area contributed by atoms with Crippen molar-refractivity contribution in [2.24, 2.45) is 0 Å². The van der Waals surface area contributed by atoms with Gasteiger partial charge in [0.2, 0.25) is 0 Å². The molecule has 0 aliphatic carbocycles. The molecule has 13 heavy (non-hydrogen) atoms. The molecule has 0 amide bonds. The van der Waals surface area contributed by atoms with Gasteiger partial charge in [-0.25, -0.2) is 8.42 Å². The molecule has 0 atom stereocenters. The highest BCUT2D eigenvalue weighted by atomic mass is 79.9. The first kappa shape index (κ1) is 11.6. The number of rotatable bonds is 1. The van der Waals surface area contributed by atoms with Gasteiger partial charge in [-0.05, 0) is 28.1 Å². The quantitative estimate of drug-likeness (QED) is 0.583. The van der Waals surface area contributed by atoms with Gasteiger partial charge in [0.15, 0.2) is 0 Å². The molecule has 0 spiro atoms. The predicted molar refractivity (Wildman–Crippen MR) is 57.2 cm³/mol. The zero-order chi connectivity index (χ0) is 10.2. The lowest BCUT2D eigenvalue weighted by Gasteiger charge is -2.03. The van der Waals surface area contributed by atoms with Gasteiger partial charge in [-0.1, -0.05) is 23.2 Å². The number of benzene rings is 1. The van der Waals surface area contributed by atoms with Crippen molar-refractivity contribution in [3.63, 3.8) is 0 Å². The molecule has 2 nitrogen and oxygen atoms in total. The first-order chi connectivity index (χ1) is 5.84. The summed E-state index contributed by atoms with van der Waals surface area (Å²) in [6, 6.07) is 2.74. The van der Waals surface area contributed by atoms with E-state index in [9.17, 15) is 8.42 Å². The second-order valence-electron chi connectivity index (χ2n) is 2.11. The first-order valence-corrected chi connectivity index (χ1v) is 6.78. The lowest BCUT2D eigenvalue weighted by Crippen LogP contribution is -1.92. The van der Waals surface area contributed by atoms with E-state index in [1.54, 1.807) is 0 Å². The summed E-state index contributed by atoms with van der Waals surface area (Å²) in [4.78, 5) is -0.191. The SMILES string of the molecule is O=S(=O)(Cl)c1ccc(Br)c(Cl)c1Cl. The van der Waals surface area contributed by atoms with Gasteiger partial charge in [0.1, 0.15) is 4.90 Å². The Bertz CT molecular complexity index is 443. The zero-order valence-corrected chi connectivity index (χ0v) is 10.6. The number of hydrogen-bond donors (Lipinski definition) is 0. The fraction of sp³-hybridized carbons (Fsp3) is 0. The normalized spacial score (nSPS) is 11.7. The highest BCUT2D eigenvalue weighted by molar-refractivity contribution is 9.10. The Labute approximate surface area is 98.3 Å². The van der Waals surface area contributed by atoms with Crippen LogP contribution >= 0.6 is 49.8 Å². The third kappa shape index (κ3) is 2.50. The minimum atomic E-state index is -3.84. The molecule has 0 aromatic heterocycles. The Morgan fingerprint density at radius 1 is 1.15 bits per heavy atom. The van der Waals surface area contributed by atoms with Crippen LogP contribution in [0.4, 0.5) is 0 Å². The summed E-state index contributed by atoms with van der Waals surface area (Å²) >= 11 is 14.4. The average molecular weight is 324 g/mol. The Hall–Kier alpha value is 0.520. The van der Waals surface area contributed by atoms with Crippen LogP contribution in [0.25, 0.3) is 0 Å². The number of halogens is 4. The Morgan fingerprint density at radius 3 is 2.15 bits per heavy atom. The Balaban J connectivity index is 3.53. The van der Waals surface area contributed by atoms with Gasteiger partial charge < -0.3 is 0 Å². The second kappa shape index (κ2) is 3.95. The van der Waals surface area contributed by atoms with Gasteiger partial charge in [-0.15, -0.1) is 0 Å². The standard InChI is InChI=1S/C6H2BrCl3O2S/c7-3-1-2-4(13(10,11)12)6(9)5(3)8/h1-2H. The van der Waals surface area contributed by atoms with E-state index < -0.39 is 9.05 Å². The van der Waals surface area contributed by atoms with Crippen LogP contribution in [0.1, 0.15) is 0 Å². The number of hydrogen-bond acceptors (Lipinski definition) is 2. The van der Waals surface area contributed by atoms with E-state index >= 15 is 0 Å². The minimum absolute atomic E-state index is 0.0777. The predicted octanol–water partition coefficient (Wildman–Crippen LogP) is 3.68. The molecule has 0 saturated heterocycles. The average Bonchev–Trinajstić information content (AvgIpc) is 1.98. The van der Waals surface area contributed by atoms with Crippen LogP contribution in [0.2, 0.25) is 10.0 Å². The lowest BCUT2D eigenvalue weighted by molar-refractivity contribution is 0.609. The molecule has 0 heterocycles. The van der Waals surface area contributed by atoms with Crippen LogP contribution in [-0.2, 0) is 9.05 Å². The van der Waals surface area contributed by atoms with Crippen LogP contribution in [0.15, 0.2) is 21.5 Å². The second-order valence-corrected chi connectivity index (χ2v) is 6.26. The van der Waals surface area contributed by atoms with E-state index in [2.05, 4.69) is 15.9 Å². The van der Waals surface area contributed by atoms with Crippen molar-refractivity contribution in [3.05, 3.63) is 26.7 Å². The van der Waals surface area contributed by atoms with Gasteiger partial charge in [0.25, 0.3) is 9.05 Å². The summed E-state index contributed by atoms with van der Waals surface area (Å²) < 4.78 is 22.4. The zero-order valence-electron chi connectivity index (χ0n) is 5.89.